The fraction of sp³-hybridized carbons (Fsp3) is 0.818. The first-order valence-electron chi connectivity index (χ1n) is 5.56. The molecular weight excluding hydrogens is 267 g/mol. The second-order valence-electron chi connectivity index (χ2n) is 5.41. The van der Waals surface area contributed by atoms with Crippen LogP contribution < -0.4 is 0 Å². The van der Waals surface area contributed by atoms with Gasteiger partial charge in [0, 0.05) is 0 Å². The van der Waals surface area contributed by atoms with Gasteiger partial charge in [0.2, 0.25) is 0 Å². The molecule has 0 aromatic heterocycles. The summed E-state index contributed by atoms with van der Waals surface area (Å²) in [7, 11) is 0.881. The van der Waals surface area contributed by atoms with E-state index in [1.54, 1.807) is 20.8 Å². The molecule has 0 spiro atoms. The SMILES string of the molecule is COC(=O)C1(C(F)(F)F)CN(C(=O)OC(C)(C)C)C1. The Labute approximate surface area is 108 Å². The van der Waals surface area contributed by atoms with Crippen molar-refractivity contribution in [3.05, 3.63) is 0 Å². The molecule has 1 fully saturated rings. The van der Waals surface area contributed by atoms with Crippen LogP contribution in [0.4, 0.5) is 18.0 Å². The maximum Gasteiger partial charge on any atom is 0.410 e. The van der Waals surface area contributed by atoms with Gasteiger partial charge < -0.3 is 14.4 Å². The van der Waals surface area contributed by atoms with E-state index in [4.69, 9.17) is 4.74 Å². The smallest absolute Gasteiger partial charge is 0.410 e. The van der Waals surface area contributed by atoms with Crippen LogP contribution in [0.2, 0.25) is 0 Å². The van der Waals surface area contributed by atoms with Crippen LogP contribution in [-0.2, 0) is 14.3 Å². The summed E-state index contributed by atoms with van der Waals surface area (Å²) in [5, 5.41) is 0. The number of hydrogen-bond acceptors (Lipinski definition) is 4. The van der Waals surface area contributed by atoms with Gasteiger partial charge in [0.15, 0.2) is 5.41 Å². The van der Waals surface area contributed by atoms with Crippen molar-refractivity contribution in [3.63, 3.8) is 0 Å². The predicted octanol–water partition coefficient (Wildman–Crippen LogP) is 1.96. The van der Waals surface area contributed by atoms with E-state index in [0.717, 1.165) is 12.0 Å². The van der Waals surface area contributed by atoms with E-state index in [0.29, 0.717) is 0 Å². The zero-order valence-corrected chi connectivity index (χ0v) is 11.1. The summed E-state index contributed by atoms with van der Waals surface area (Å²) >= 11 is 0. The van der Waals surface area contributed by atoms with Gasteiger partial charge in [0.1, 0.15) is 5.60 Å². The normalized spacial score (nSPS) is 18.6. The number of rotatable bonds is 1. The molecule has 5 nitrogen and oxygen atoms in total. The Morgan fingerprint density at radius 2 is 1.63 bits per heavy atom. The van der Waals surface area contributed by atoms with E-state index >= 15 is 0 Å². The molecule has 1 rings (SSSR count). The first kappa shape index (κ1) is 15.6. The molecule has 0 aliphatic carbocycles. The Bertz CT molecular complexity index is 380. The van der Waals surface area contributed by atoms with E-state index in [2.05, 4.69) is 4.74 Å². The minimum absolute atomic E-state index is 0.780. The second kappa shape index (κ2) is 4.57. The Balaban J connectivity index is 2.76. The summed E-state index contributed by atoms with van der Waals surface area (Å²) in [4.78, 5) is 23.7. The maximum absolute atomic E-state index is 12.9. The minimum Gasteiger partial charge on any atom is -0.468 e. The van der Waals surface area contributed by atoms with Crippen LogP contribution in [0.1, 0.15) is 20.8 Å². The second-order valence-corrected chi connectivity index (χ2v) is 5.41. The average molecular weight is 283 g/mol. The molecule has 8 heteroatoms. The molecule has 0 radical (unpaired) electrons. The Kier molecular flexibility index (Phi) is 3.75. The highest BCUT2D eigenvalue weighted by molar-refractivity contribution is 5.83. The molecule has 0 bridgehead atoms. The van der Waals surface area contributed by atoms with Gasteiger partial charge in [0.05, 0.1) is 20.2 Å². The summed E-state index contributed by atoms with van der Waals surface area (Å²) in [5.41, 5.74) is -3.45. The summed E-state index contributed by atoms with van der Waals surface area (Å²) < 4.78 is 47.8. The van der Waals surface area contributed by atoms with E-state index in [-0.39, 0.29) is 0 Å². The lowest BCUT2D eigenvalue weighted by atomic mass is 9.79. The molecule has 110 valence electrons. The molecule has 0 saturated carbocycles. The molecule has 1 amide bonds. The molecule has 1 aliphatic rings. The predicted molar refractivity (Wildman–Crippen MR) is 58.3 cm³/mol. The van der Waals surface area contributed by atoms with Crippen LogP contribution in [0, 0.1) is 5.41 Å². The number of alkyl halides is 3. The number of carbonyl (C=O) groups excluding carboxylic acids is 2. The van der Waals surface area contributed by atoms with Crippen LogP contribution >= 0.6 is 0 Å². The third kappa shape index (κ3) is 2.93. The number of hydrogen-bond donors (Lipinski definition) is 0. The molecule has 1 heterocycles. The molecular formula is C11H16F3NO4. The quantitative estimate of drug-likeness (QED) is 0.690. The van der Waals surface area contributed by atoms with Crippen LogP contribution in [0.3, 0.4) is 0 Å². The van der Waals surface area contributed by atoms with Crippen molar-refractivity contribution in [2.45, 2.75) is 32.5 Å². The Hall–Kier alpha value is -1.47. The topological polar surface area (TPSA) is 55.8 Å². The lowest BCUT2D eigenvalue weighted by Crippen LogP contribution is -2.69. The molecule has 1 saturated heterocycles. The molecule has 19 heavy (non-hydrogen) atoms. The van der Waals surface area contributed by atoms with Crippen LogP contribution in [0.5, 0.6) is 0 Å². The highest BCUT2D eigenvalue weighted by Crippen LogP contribution is 2.46. The van der Waals surface area contributed by atoms with E-state index in [1.807, 2.05) is 0 Å². The summed E-state index contributed by atoms with van der Waals surface area (Å²) in [6.07, 6.45) is -5.64. The molecule has 0 aromatic carbocycles. The number of likely N-dealkylation sites (tertiary alicyclic amines) is 1. The number of ether oxygens (including phenoxy) is 2. The average Bonchev–Trinajstić information content (AvgIpc) is 2.10. The van der Waals surface area contributed by atoms with E-state index in [9.17, 15) is 22.8 Å². The van der Waals surface area contributed by atoms with Gasteiger partial charge >= 0.3 is 18.2 Å². The maximum atomic E-state index is 12.9. The van der Waals surface area contributed by atoms with Crippen molar-refractivity contribution in [3.8, 4) is 0 Å². The molecule has 0 N–H and O–H groups in total. The van der Waals surface area contributed by atoms with Gasteiger partial charge in [-0.1, -0.05) is 0 Å². The highest BCUT2D eigenvalue weighted by atomic mass is 19.4. The van der Waals surface area contributed by atoms with Crippen molar-refractivity contribution in [1.29, 1.82) is 0 Å². The van der Waals surface area contributed by atoms with Crippen LogP contribution in [0.25, 0.3) is 0 Å². The zero-order chi connectivity index (χ0) is 15.1. The van der Waals surface area contributed by atoms with Gasteiger partial charge in [-0.2, -0.15) is 13.2 Å². The summed E-state index contributed by atoms with van der Waals surface area (Å²) in [6.45, 7) is 3.24. The molecule has 0 atom stereocenters. The zero-order valence-electron chi connectivity index (χ0n) is 11.1. The molecule has 0 aromatic rings. The number of methoxy groups -OCH3 is 1. The lowest BCUT2D eigenvalue weighted by molar-refractivity contribution is -0.263. The third-order valence-electron chi connectivity index (χ3n) is 2.69. The van der Waals surface area contributed by atoms with Crippen molar-refractivity contribution in [1.82, 2.24) is 4.90 Å². The number of amides is 1. The number of nitrogens with zero attached hydrogens (tertiary/aromatic N) is 1. The van der Waals surface area contributed by atoms with Crippen molar-refractivity contribution >= 4 is 12.1 Å². The van der Waals surface area contributed by atoms with Crippen molar-refractivity contribution in [2.24, 2.45) is 5.41 Å². The fourth-order valence-corrected chi connectivity index (χ4v) is 1.68. The lowest BCUT2D eigenvalue weighted by Gasteiger charge is -2.47. The minimum atomic E-state index is -4.77. The number of carbonyl (C=O) groups is 2. The first-order chi connectivity index (χ1) is 8.43. The largest absolute Gasteiger partial charge is 0.468 e. The van der Waals surface area contributed by atoms with Crippen LogP contribution in [0.15, 0.2) is 0 Å². The summed E-state index contributed by atoms with van der Waals surface area (Å²) in [6, 6.07) is 0. The number of esters is 1. The van der Waals surface area contributed by atoms with Gasteiger partial charge in [-0.25, -0.2) is 4.79 Å². The number of halogens is 3. The molecule has 0 unspecified atom stereocenters. The van der Waals surface area contributed by atoms with Crippen molar-refractivity contribution in [2.75, 3.05) is 20.2 Å². The Morgan fingerprint density at radius 1 is 1.16 bits per heavy atom. The van der Waals surface area contributed by atoms with Gasteiger partial charge in [-0.3, -0.25) is 4.79 Å². The monoisotopic (exact) mass is 283 g/mol. The Morgan fingerprint density at radius 3 is 1.95 bits per heavy atom. The van der Waals surface area contributed by atoms with E-state index < -0.39 is 42.3 Å². The standard InChI is InChI=1S/C11H16F3NO4/c1-9(2,3)19-8(17)15-5-10(6-15,7(16)18-4)11(12,13)14/h5-6H2,1-4H3. The van der Waals surface area contributed by atoms with Crippen molar-refractivity contribution < 1.29 is 32.2 Å². The highest BCUT2D eigenvalue weighted by Gasteiger charge is 2.69. The summed E-state index contributed by atoms with van der Waals surface area (Å²) in [5.74, 6) is -1.39. The van der Waals surface area contributed by atoms with Gasteiger partial charge in [-0.15, -0.1) is 0 Å². The first-order valence-corrected chi connectivity index (χ1v) is 5.56. The van der Waals surface area contributed by atoms with Crippen LogP contribution in [-0.4, -0.2) is 48.9 Å². The third-order valence-corrected chi connectivity index (χ3v) is 2.69. The van der Waals surface area contributed by atoms with E-state index in [1.165, 1.54) is 0 Å². The van der Waals surface area contributed by atoms with Gasteiger partial charge in [0.25, 0.3) is 0 Å². The van der Waals surface area contributed by atoms with Gasteiger partial charge in [-0.05, 0) is 20.8 Å². The molecule has 1 aliphatic heterocycles. The fourth-order valence-electron chi connectivity index (χ4n) is 1.68.